The maximum Gasteiger partial charge on any atom is 0.410 e. The average Bonchev–Trinajstić information content (AvgIpc) is 3.46. The molecule has 37 heavy (non-hydrogen) atoms. The van der Waals surface area contributed by atoms with Crippen molar-refractivity contribution in [1.82, 2.24) is 25.5 Å². The van der Waals surface area contributed by atoms with Crippen LogP contribution in [-0.2, 0) is 27.3 Å². The highest BCUT2D eigenvalue weighted by molar-refractivity contribution is 5.91. The normalized spacial score (nSPS) is 18.4. The second-order valence-electron chi connectivity index (χ2n) is 10.6. The Labute approximate surface area is 217 Å². The number of likely N-dealkylation sites (tertiary alicyclic amines) is 1. The number of aromatic nitrogens is 2. The molecule has 1 aliphatic rings. The molecule has 3 amide bonds. The Morgan fingerprint density at radius 1 is 1.19 bits per heavy atom. The third-order valence-electron chi connectivity index (χ3n) is 6.37. The molecule has 0 saturated carbocycles. The largest absolute Gasteiger partial charge is 0.444 e. The van der Waals surface area contributed by atoms with Gasteiger partial charge in [0.1, 0.15) is 17.7 Å². The van der Waals surface area contributed by atoms with Crippen molar-refractivity contribution in [3.8, 4) is 0 Å². The highest BCUT2D eigenvalue weighted by Crippen LogP contribution is 2.28. The van der Waals surface area contributed by atoms with E-state index in [0.29, 0.717) is 19.5 Å². The van der Waals surface area contributed by atoms with E-state index in [-0.39, 0.29) is 17.7 Å². The number of amides is 3. The molecule has 1 fully saturated rings. The summed E-state index contributed by atoms with van der Waals surface area (Å²) in [4.78, 5) is 47.8. The summed E-state index contributed by atoms with van der Waals surface area (Å²) in [5.41, 5.74) is 2.25. The number of carbonyl (C=O) groups excluding carboxylic acids is 3. The number of nitrogens with one attached hydrogen (secondary N) is 3. The van der Waals surface area contributed by atoms with Crippen LogP contribution in [0.4, 0.5) is 4.79 Å². The summed E-state index contributed by atoms with van der Waals surface area (Å²) >= 11 is 0. The Hall–Kier alpha value is -3.88. The van der Waals surface area contributed by atoms with E-state index in [1.54, 1.807) is 40.1 Å². The Bertz CT molecular complexity index is 1220. The van der Waals surface area contributed by atoms with Crippen molar-refractivity contribution in [3.63, 3.8) is 0 Å². The molecule has 9 nitrogen and oxygen atoms in total. The number of fused-ring (bicyclic) bond motifs is 1. The van der Waals surface area contributed by atoms with E-state index >= 15 is 0 Å². The van der Waals surface area contributed by atoms with Gasteiger partial charge in [0, 0.05) is 35.5 Å². The molecular formula is C28H35N5O4. The summed E-state index contributed by atoms with van der Waals surface area (Å²) in [6, 6.07) is 12.3. The molecule has 1 saturated heterocycles. The van der Waals surface area contributed by atoms with Crippen molar-refractivity contribution in [2.45, 2.75) is 64.8 Å². The summed E-state index contributed by atoms with van der Waals surface area (Å²) < 4.78 is 5.59. The molecular weight excluding hydrogens is 470 g/mol. The number of rotatable bonds is 7. The zero-order valence-corrected chi connectivity index (χ0v) is 21.8. The van der Waals surface area contributed by atoms with Crippen LogP contribution in [0, 0.1) is 5.92 Å². The number of H-pyrrole nitrogens is 1. The lowest BCUT2D eigenvalue weighted by Crippen LogP contribution is -2.52. The Kier molecular flexibility index (Phi) is 7.80. The van der Waals surface area contributed by atoms with Crippen LogP contribution < -0.4 is 10.6 Å². The fourth-order valence-corrected chi connectivity index (χ4v) is 4.63. The molecule has 0 aliphatic carbocycles. The molecule has 196 valence electrons. The molecule has 0 radical (unpaired) electrons. The maximum absolute atomic E-state index is 13.3. The van der Waals surface area contributed by atoms with Gasteiger partial charge in [-0.1, -0.05) is 30.3 Å². The predicted octanol–water partition coefficient (Wildman–Crippen LogP) is 3.55. The standard InChI is InChI=1S/C28H35N5O4/c1-18(25(34)30-16-22-14-21-15-29-11-10-23(21)32-22)31-26(35)24-13-20(12-19-8-6-5-7-9-19)17-33(24)27(36)37-28(2,3)4/h5-11,14-15,18,20,24,32H,12-13,16-17H2,1-4H3,(H,30,34)(H,31,35)/t18-,20-,24+/m0/s1. The van der Waals surface area contributed by atoms with Gasteiger partial charge in [-0.05, 0) is 64.2 Å². The van der Waals surface area contributed by atoms with Crippen LogP contribution in [0.15, 0.2) is 54.9 Å². The van der Waals surface area contributed by atoms with Gasteiger partial charge in [-0.3, -0.25) is 19.5 Å². The fourth-order valence-electron chi connectivity index (χ4n) is 4.63. The Balaban J connectivity index is 1.38. The predicted molar refractivity (Wildman–Crippen MR) is 141 cm³/mol. The first kappa shape index (κ1) is 26.2. The van der Waals surface area contributed by atoms with Crippen LogP contribution in [0.1, 0.15) is 45.4 Å². The van der Waals surface area contributed by atoms with Crippen molar-refractivity contribution in [2.75, 3.05) is 6.54 Å². The number of ether oxygens (including phenoxy) is 1. The Morgan fingerprint density at radius 2 is 1.95 bits per heavy atom. The number of hydrogen-bond donors (Lipinski definition) is 3. The third kappa shape index (κ3) is 6.87. The van der Waals surface area contributed by atoms with E-state index in [0.717, 1.165) is 28.6 Å². The first-order valence-corrected chi connectivity index (χ1v) is 12.6. The quantitative estimate of drug-likeness (QED) is 0.454. The Morgan fingerprint density at radius 3 is 2.65 bits per heavy atom. The van der Waals surface area contributed by atoms with Gasteiger partial charge < -0.3 is 20.4 Å². The number of carbonyl (C=O) groups is 3. The number of benzene rings is 1. The van der Waals surface area contributed by atoms with Crippen molar-refractivity contribution in [2.24, 2.45) is 5.92 Å². The van der Waals surface area contributed by atoms with E-state index in [1.807, 2.05) is 42.5 Å². The summed E-state index contributed by atoms with van der Waals surface area (Å²) in [6.07, 6.45) is 4.18. The van der Waals surface area contributed by atoms with Crippen LogP contribution in [0.3, 0.4) is 0 Å². The first-order chi connectivity index (χ1) is 17.6. The van der Waals surface area contributed by atoms with Gasteiger partial charge >= 0.3 is 6.09 Å². The summed E-state index contributed by atoms with van der Waals surface area (Å²) in [5, 5.41) is 6.61. The van der Waals surface area contributed by atoms with Gasteiger partial charge in [0.2, 0.25) is 11.8 Å². The first-order valence-electron chi connectivity index (χ1n) is 12.6. The molecule has 9 heteroatoms. The van der Waals surface area contributed by atoms with Crippen LogP contribution in [0.25, 0.3) is 10.9 Å². The molecule has 3 atom stereocenters. The van der Waals surface area contributed by atoms with Gasteiger partial charge in [0.25, 0.3) is 0 Å². The van der Waals surface area contributed by atoms with E-state index in [9.17, 15) is 14.4 Å². The summed E-state index contributed by atoms with van der Waals surface area (Å²) in [5.74, 6) is -0.570. The van der Waals surface area contributed by atoms with E-state index in [4.69, 9.17) is 4.74 Å². The molecule has 3 N–H and O–H groups in total. The van der Waals surface area contributed by atoms with Crippen LogP contribution in [0.5, 0.6) is 0 Å². The van der Waals surface area contributed by atoms with Crippen LogP contribution in [-0.4, -0.2) is 57.0 Å². The van der Waals surface area contributed by atoms with Gasteiger partial charge in [-0.15, -0.1) is 0 Å². The second kappa shape index (κ2) is 11.0. The smallest absolute Gasteiger partial charge is 0.410 e. The molecule has 0 bridgehead atoms. The number of pyridine rings is 1. The van der Waals surface area contributed by atoms with Crippen LogP contribution >= 0.6 is 0 Å². The van der Waals surface area contributed by atoms with E-state index < -0.39 is 23.8 Å². The lowest BCUT2D eigenvalue weighted by atomic mass is 9.96. The number of hydrogen-bond acceptors (Lipinski definition) is 5. The zero-order valence-electron chi connectivity index (χ0n) is 21.8. The highest BCUT2D eigenvalue weighted by atomic mass is 16.6. The zero-order chi connectivity index (χ0) is 26.6. The highest BCUT2D eigenvalue weighted by Gasteiger charge is 2.42. The molecule has 0 unspecified atom stereocenters. The SMILES string of the molecule is C[C@H](NC(=O)[C@H]1C[C@H](Cc2ccccc2)CN1C(=O)OC(C)(C)C)C(=O)NCc1cc2cnccc2[nH]1. The molecule has 3 heterocycles. The molecule has 3 aromatic rings. The molecule has 4 rings (SSSR count). The lowest BCUT2D eigenvalue weighted by molar-refractivity contribution is -0.131. The summed E-state index contributed by atoms with van der Waals surface area (Å²) in [7, 11) is 0. The minimum Gasteiger partial charge on any atom is -0.444 e. The van der Waals surface area contributed by atoms with Crippen LogP contribution in [0.2, 0.25) is 0 Å². The lowest BCUT2D eigenvalue weighted by Gasteiger charge is -2.28. The van der Waals surface area contributed by atoms with Gasteiger partial charge in [-0.2, -0.15) is 0 Å². The molecule has 1 aromatic carbocycles. The average molecular weight is 506 g/mol. The van der Waals surface area contributed by atoms with Crippen molar-refractivity contribution >= 4 is 28.8 Å². The fraction of sp³-hybridized carbons (Fsp3) is 0.429. The minimum atomic E-state index is -0.771. The molecule has 2 aromatic heterocycles. The second-order valence-corrected chi connectivity index (χ2v) is 10.6. The van der Waals surface area contributed by atoms with Crippen molar-refractivity contribution in [3.05, 3.63) is 66.1 Å². The molecule has 1 aliphatic heterocycles. The van der Waals surface area contributed by atoms with E-state index in [1.165, 1.54) is 4.90 Å². The van der Waals surface area contributed by atoms with Crippen molar-refractivity contribution in [1.29, 1.82) is 0 Å². The third-order valence-corrected chi connectivity index (χ3v) is 6.37. The van der Waals surface area contributed by atoms with Gasteiger partial charge in [-0.25, -0.2) is 4.79 Å². The maximum atomic E-state index is 13.3. The topological polar surface area (TPSA) is 116 Å². The number of nitrogens with zero attached hydrogens (tertiary/aromatic N) is 2. The van der Waals surface area contributed by atoms with Crippen molar-refractivity contribution < 1.29 is 19.1 Å². The summed E-state index contributed by atoms with van der Waals surface area (Å²) in [6.45, 7) is 7.74. The van der Waals surface area contributed by atoms with E-state index in [2.05, 4.69) is 20.6 Å². The minimum absolute atomic E-state index is 0.103. The molecule has 0 spiro atoms. The van der Waals surface area contributed by atoms with Gasteiger partial charge in [0.05, 0.1) is 6.54 Å². The monoisotopic (exact) mass is 505 g/mol. The van der Waals surface area contributed by atoms with Gasteiger partial charge in [0.15, 0.2) is 0 Å². The number of aromatic amines is 1.